The van der Waals surface area contributed by atoms with Gasteiger partial charge in [-0.3, -0.25) is 4.79 Å². The first-order chi connectivity index (χ1) is 10.7. The molecule has 5 heteroatoms. The molecule has 0 fully saturated rings. The number of aryl methyl sites for hydroxylation is 3. The summed E-state index contributed by atoms with van der Waals surface area (Å²) in [7, 11) is -3.32. The van der Waals surface area contributed by atoms with Crippen molar-refractivity contribution in [3.05, 3.63) is 64.2 Å². The van der Waals surface area contributed by atoms with E-state index in [9.17, 15) is 13.2 Å². The van der Waals surface area contributed by atoms with Crippen molar-refractivity contribution < 1.29 is 13.2 Å². The Morgan fingerprint density at radius 3 is 2.22 bits per heavy atom. The first-order valence-corrected chi connectivity index (χ1v) is 9.22. The zero-order valence-electron chi connectivity index (χ0n) is 13.8. The molecule has 0 bridgehead atoms. The van der Waals surface area contributed by atoms with E-state index in [0.717, 1.165) is 22.9 Å². The maximum Gasteiger partial charge on any atom is 0.251 e. The fourth-order valence-electron chi connectivity index (χ4n) is 2.63. The van der Waals surface area contributed by atoms with E-state index in [1.807, 2.05) is 20.8 Å². The van der Waals surface area contributed by atoms with Crippen LogP contribution in [0.2, 0.25) is 0 Å². The first kappa shape index (κ1) is 17.2. The molecule has 1 amide bonds. The molecular formula is C18H21NO3S. The Bertz CT molecular complexity index is 831. The molecule has 0 saturated carbocycles. The van der Waals surface area contributed by atoms with Crippen molar-refractivity contribution >= 4 is 15.7 Å². The third-order valence-corrected chi connectivity index (χ3v) is 4.90. The summed E-state index contributed by atoms with van der Waals surface area (Å²) >= 11 is 0. The highest BCUT2D eigenvalue weighted by atomic mass is 32.2. The molecule has 0 unspecified atom stereocenters. The Morgan fingerprint density at radius 2 is 1.65 bits per heavy atom. The molecule has 0 radical (unpaired) electrons. The second-order valence-electron chi connectivity index (χ2n) is 5.86. The van der Waals surface area contributed by atoms with Crippen molar-refractivity contribution in [1.82, 2.24) is 5.32 Å². The summed E-state index contributed by atoms with van der Waals surface area (Å²) in [4.78, 5) is 12.4. The van der Waals surface area contributed by atoms with Crippen LogP contribution in [-0.2, 0) is 16.4 Å². The normalized spacial score (nSPS) is 11.3. The van der Waals surface area contributed by atoms with Gasteiger partial charge in [0.25, 0.3) is 5.91 Å². The summed E-state index contributed by atoms with van der Waals surface area (Å²) in [6, 6.07) is 10.2. The predicted octanol–water partition coefficient (Wildman–Crippen LogP) is 2.95. The molecule has 0 heterocycles. The maximum absolute atomic E-state index is 12.3. The van der Waals surface area contributed by atoms with Crippen molar-refractivity contribution in [3.63, 3.8) is 0 Å². The largest absolute Gasteiger partial charge is 0.348 e. The second kappa shape index (κ2) is 6.54. The number of benzene rings is 2. The van der Waals surface area contributed by atoms with E-state index in [4.69, 9.17) is 0 Å². The summed E-state index contributed by atoms with van der Waals surface area (Å²) in [6.45, 7) is 6.50. The van der Waals surface area contributed by atoms with Crippen LogP contribution in [0.3, 0.4) is 0 Å². The number of sulfone groups is 1. The molecule has 0 aromatic heterocycles. The molecule has 2 aromatic rings. The number of hydrogen-bond acceptors (Lipinski definition) is 3. The fourth-order valence-corrected chi connectivity index (χ4v) is 3.29. The van der Waals surface area contributed by atoms with Gasteiger partial charge in [-0.2, -0.15) is 0 Å². The van der Waals surface area contributed by atoms with Crippen LogP contribution in [0.4, 0.5) is 0 Å². The van der Waals surface area contributed by atoms with Crippen LogP contribution >= 0.6 is 0 Å². The van der Waals surface area contributed by atoms with Gasteiger partial charge >= 0.3 is 0 Å². The molecule has 0 aliphatic heterocycles. The molecular weight excluding hydrogens is 310 g/mol. The van der Waals surface area contributed by atoms with Crippen LogP contribution in [0.1, 0.15) is 32.6 Å². The SMILES string of the molecule is Cc1cc(C)c(CNC(=O)c2cccc(S(C)(=O)=O)c2)c(C)c1. The van der Waals surface area contributed by atoms with Gasteiger partial charge in [-0.05, 0) is 55.7 Å². The minimum absolute atomic E-state index is 0.146. The number of hydrogen-bond donors (Lipinski definition) is 1. The van der Waals surface area contributed by atoms with Crippen LogP contribution in [0, 0.1) is 20.8 Å². The van der Waals surface area contributed by atoms with Crippen LogP contribution in [0.15, 0.2) is 41.3 Å². The van der Waals surface area contributed by atoms with E-state index in [0.29, 0.717) is 12.1 Å². The van der Waals surface area contributed by atoms with E-state index >= 15 is 0 Å². The quantitative estimate of drug-likeness (QED) is 0.937. The van der Waals surface area contributed by atoms with E-state index < -0.39 is 9.84 Å². The van der Waals surface area contributed by atoms with Gasteiger partial charge in [0.2, 0.25) is 0 Å². The van der Waals surface area contributed by atoms with Gasteiger partial charge in [0.05, 0.1) is 4.90 Å². The molecule has 2 aromatic carbocycles. The lowest BCUT2D eigenvalue weighted by molar-refractivity contribution is 0.0950. The van der Waals surface area contributed by atoms with E-state index in [-0.39, 0.29) is 10.8 Å². The topological polar surface area (TPSA) is 63.2 Å². The lowest BCUT2D eigenvalue weighted by atomic mass is 10.00. The van der Waals surface area contributed by atoms with E-state index in [1.54, 1.807) is 12.1 Å². The van der Waals surface area contributed by atoms with Crippen molar-refractivity contribution in [2.24, 2.45) is 0 Å². The second-order valence-corrected chi connectivity index (χ2v) is 7.88. The molecule has 0 saturated heterocycles. The number of amides is 1. The zero-order valence-corrected chi connectivity index (χ0v) is 14.6. The summed E-state index contributed by atoms with van der Waals surface area (Å²) in [5, 5.41) is 2.86. The van der Waals surface area contributed by atoms with Gasteiger partial charge in [-0.15, -0.1) is 0 Å². The number of nitrogens with one attached hydrogen (secondary N) is 1. The Hall–Kier alpha value is -2.14. The molecule has 1 N–H and O–H groups in total. The highest BCUT2D eigenvalue weighted by Crippen LogP contribution is 2.17. The highest BCUT2D eigenvalue weighted by Gasteiger charge is 2.12. The van der Waals surface area contributed by atoms with Crippen LogP contribution in [0.25, 0.3) is 0 Å². The zero-order chi connectivity index (χ0) is 17.2. The van der Waals surface area contributed by atoms with Crippen molar-refractivity contribution in [2.75, 3.05) is 6.26 Å². The van der Waals surface area contributed by atoms with Crippen LogP contribution in [-0.4, -0.2) is 20.6 Å². The van der Waals surface area contributed by atoms with Crippen molar-refractivity contribution in [3.8, 4) is 0 Å². The average Bonchev–Trinajstić information content (AvgIpc) is 2.45. The number of carbonyl (C=O) groups excluding carboxylic acids is 1. The minimum Gasteiger partial charge on any atom is -0.348 e. The number of carbonyl (C=O) groups is 1. The number of rotatable bonds is 4. The predicted molar refractivity (Wildman–Crippen MR) is 91.4 cm³/mol. The van der Waals surface area contributed by atoms with Gasteiger partial charge < -0.3 is 5.32 Å². The summed E-state index contributed by atoms with van der Waals surface area (Å²) in [6.07, 6.45) is 1.13. The van der Waals surface area contributed by atoms with Gasteiger partial charge in [0.15, 0.2) is 9.84 Å². The van der Waals surface area contributed by atoms with Gasteiger partial charge in [0.1, 0.15) is 0 Å². The van der Waals surface area contributed by atoms with Gasteiger partial charge in [-0.1, -0.05) is 23.8 Å². The Balaban J connectivity index is 2.18. The van der Waals surface area contributed by atoms with Crippen molar-refractivity contribution in [2.45, 2.75) is 32.2 Å². The van der Waals surface area contributed by atoms with E-state index in [1.165, 1.54) is 17.7 Å². The lowest BCUT2D eigenvalue weighted by Gasteiger charge is -2.12. The molecule has 0 atom stereocenters. The Kier molecular flexibility index (Phi) is 4.90. The molecule has 2 rings (SSSR count). The van der Waals surface area contributed by atoms with E-state index in [2.05, 4.69) is 17.4 Å². The fraction of sp³-hybridized carbons (Fsp3) is 0.278. The molecule has 0 aliphatic carbocycles. The van der Waals surface area contributed by atoms with Crippen LogP contribution in [0.5, 0.6) is 0 Å². The standard InChI is InChI=1S/C18H21NO3S/c1-12-8-13(2)17(14(3)9-12)11-19-18(20)15-6-5-7-16(10-15)23(4,21)22/h5-10H,11H2,1-4H3,(H,19,20). The summed E-state index contributed by atoms with van der Waals surface area (Å²) in [5.74, 6) is -0.283. The first-order valence-electron chi connectivity index (χ1n) is 7.33. The summed E-state index contributed by atoms with van der Waals surface area (Å²) < 4.78 is 23.2. The Labute approximate surface area is 137 Å². The third kappa shape index (κ3) is 4.20. The molecule has 23 heavy (non-hydrogen) atoms. The molecule has 122 valence electrons. The Morgan fingerprint density at radius 1 is 1.04 bits per heavy atom. The van der Waals surface area contributed by atoms with Gasteiger partial charge in [-0.25, -0.2) is 8.42 Å². The maximum atomic E-state index is 12.3. The smallest absolute Gasteiger partial charge is 0.251 e. The third-order valence-electron chi connectivity index (χ3n) is 3.79. The minimum atomic E-state index is -3.32. The molecule has 4 nitrogen and oxygen atoms in total. The molecule has 0 spiro atoms. The van der Waals surface area contributed by atoms with Crippen molar-refractivity contribution in [1.29, 1.82) is 0 Å². The average molecular weight is 331 g/mol. The highest BCUT2D eigenvalue weighted by molar-refractivity contribution is 7.90. The monoisotopic (exact) mass is 331 g/mol. The molecule has 0 aliphatic rings. The lowest BCUT2D eigenvalue weighted by Crippen LogP contribution is -2.24. The summed E-state index contributed by atoms with van der Waals surface area (Å²) in [5.41, 5.74) is 4.88. The van der Waals surface area contributed by atoms with Gasteiger partial charge in [0, 0.05) is 18.4 Å². The van der Waals surface area contributed by atoms with Crippen LogP contribution < -0.4 is 5.32 Å².